The number of rotatable bonds is 8. The topological polar surface area (TPSA) is 0 Å². The molecular weight excluding hydrogens is 613 g/mol. The van der Waals surface area contributed by atoms with Gasteiger partial charge in [0.2, 0.25) is 0 Å². The lowest BCUT2D eigenvalue weighted by Gasteiger charge is -2.20. The molecule has 0 heterocycles. The van der Waals surface area contributed by atoms with Gasteiger partial charge in [-0.3, -0.25) is 0 Å². The Bertz CT molecular complexity index is 2540. The molecule has 0 amide bonds. The largest absolute Gasteiger partial charge is 0.0870 e. The van der Waals surface area contributed by atoms with Crippen LogP contribution in [-0.2, 0) is 0 Å². The highest BCUT2D eigenvalue weighted by Crippen LogP contribution is 2.46. The minimum absolute atomic E-state index is 0.971. The Hall–Kier alpha value is -6.24. The van der Waals surface area contributed by atoms with Crippen LogP contribution in [-0.4, -0.2) is 0 Å². The van der Waals surface area contributed by atoms with Crippen LogP contribution in [0.5, 0.6) is 0 Å². The molecule has 0 heteroatoms. The second kappa shape index (κ2) is 14.3. The molecule has 0 aliphatic heterocycles. The average molecular weight is 653 g/mol. The van der Waals surface area contributed by atoms with Crippen molar-refractivity contribution in [1.82, 2.24) is 0 Å². The Balaban J connectivity index is 1.35. The maximum atomic E-state index is 2.37. The van der Waals surface area contributed by atoms with Gasteiger partial charge in [0, 0.05) is 0 Å². The van der Waals surface area contributed by atoms with Gasteiger partial charge in [0.1, 0.15) is 0 Å². The van der Waals surface area contributed by atoms with Gasteiger partial charge in [-0.05, 0) is 113 Å². The zero-order valence-electron chi connectivity index (χ0n) is 29.2. The molecule has 51 heavy (non-hydrogen) atoms. The summed E-state index contributed by atoms with van der Waals surface area (Å²) in [5.74, 6) is 0. The van der Waals surface area contributed by atoms with E-state index in [1.807, 2.05) is 0 Å². The Labute approximate surface area is 301 Å². The first-order valence-electron chi connectivity index (χ1n) is 18.0. The third-order valence-corrected chi connectivity index (χ3v) is 9.88. The molecule has 8 aromatic carbocycles. The van der Waals surface area contributed by atoms with Crippen LogP contribution < -0.4 is 0 Å². The summed E-state index contributed by atoms with van der Waals surface area (Å²) >= 11 is 0. The molecule has 0 saturated carbocycles. The van der Waals surface area contributed by atoms with Gasteiger partial charge >= 0.3 is 0 Å². The molecule has 0 aliphatic rings. The first kappa shape index (κ1) is 32.0. The molecule has 0 fully saturated rings. The predicted octanol–water partition coefficient (Wildman–Crippen LogP) is 14.6. The minimum Gasteiger partial charge on any atom is -0.0870 e. The summed E-state index contributed by atoms with van der Waals surface area (Å²) in [4.78, 5) is 0. The van der Waals surface area contributed by atoms with Crippen molar-refractivity contribution in [2.24, 2.45) is 0 Å². The van der Waals surface area contributed by atoms with Crippen LogP contribution in [0, 0.1) is 0 Å². The van der Waals surface area contributed by atoms with Crippen LogP contribution in [0.1, 0.15) is 31.4 Å². The van der Waals surface area contributed by atoms with Crippen molar-refractivity contribution in [1.29, 1.82) is 0 Å². The van der Waals surface area contributed by atoms with Gasteiger partial charge in [-0.2, -0.15) is 0 Å². The van der Waals surface area contributed by atoms with E-state index in [1.54, 1.807) is 0 Å². The SMILES string of the molecule is C\C=C/C(=C\C(=C/CC)c1ccccc1)c1cccc(-c2c3ccccc3c(-c3cccc4c(-c5ccccc5)cccc34)c3ccccc23)c1. The van der Waals surface area contributed by atoms with E-state index in [1.165, 1.54) is 88.0 Å². The van der Waals surface area contributed by atoms with Gasteiger partial charge in [0.25, 0.3) is 0 Å². The van der Waals surface area contributed by atoms with Crippen LogP contribution in [0.25, 0.3) is 76.8 Å². The van der Waals surface area contributed by atoms with Crippen LogP contribution in [0.4, 0.5) is 0 Å². The maximum absolute atomic E-state index is 2.37. The van der Waals surface area contributed by atoms with E-state index in [0.717, 1.165) is 6.42 Å². The average Bonchev–Trinajstić information content (AvgIpc) is 3.20. The van der Waals surface area contributed by atoms with Gasteiger partial charge in [-0.1, -0.05) is 189 Å². The highest BCUT2D eigenvalue weighted by molar-refractivity contribution is 6.24. The lowest BCUT2D eigenvalue weighted by atomic mass is 9.83. The summed E-state index contributed by atoms with van der Waals surface area (Å²) in [5, 5.41) is 7.56. The molecule has 0 atom stereocenters. The smallest absolute Gasteiger partial charge is 0.00201 e. The van der Waals surface area contributed by atoms with Crippen molar-refractivity contribution in [3.8, 4) is 33.4 Å². The Morgan fingerprint density at radius 1 is 0.431 bits per heavy atom. The van der Waals surface area contributed by atoms with E-state index in [-0.39, 0.29) is 0 Å². The zero-order valence-corrected chi connectivity index (χ0v) is 29.2. The van der Waals surface area contributed by atoms with Gasteiger partial charge < -0.3 is 0 Å². The molecule has 0 nitrogen and oxygen atoms in total. The number of benzene rings is 8. The van der Waals surface area contributed by atoms with Crippen molar-refractivity contribution in [3.63, 3.8) is 0 Å². The minimum atomic E-state index is 0.971. The van der Waals surface area contributed by atoms with Crippen molar-refractivity contribution in [2.75, 3.05) is 0 Å². The maximum Gasteiger partial charge on any atom is -0.00201 e. The van der Waals surface area contributed by atoms with Gasteiger partial charge in [0.15, 0.2) is 0 Å². The van der Waals surface area contributed by atoms with Gasteiger partial charge in [-0.25, -0.2) is 0 Å². The van der Waals surface area contributed by atoms with E-state index in [0.29, 0.717) is 0 Å². The zero-order chi connectivity index (χ0) is 34.6. The third kappa shape index (κ3) is 6.11. The lowest BCUT2D eigenvalue weighted by Crippen LogP contribution is -1.93. The molecule has 0 spiro atoms. The molecule has 0 radical (unpaired) electrons. The summed E-state index contributed by atoms with van der Waals surface area (Å²) in [6.45, 7) is 4.30. The second-order valence-corrected chi connectivity index (χ2v) is 13.0. The first-order chi connectivity index (χ1) is 25.2. The van der Waals surface area contributed by atoms with E-state index in [9.17, 15) is 0 Å². The standard InChI is InChI=1S/C51H40/c1-3-18-38(36-20-7-5-8-21-36)34-39(19-4-2)40-24-15-25-41(35-40)50-46-26-11-13-28-48(46)51(49-29-14-12-27-47(49)50)45-33-17-31-43-42(30-16-32-44(43)45)37-22-9-6-10-23-37/h4-35H,3H2,1-2H3/b19-4-,38-18+,39-34+. The van der Waals surface area contributed by atoms with Gasteiger partial charge in [-0.15, -0.1) is 0 Å². The molecule has 8 rings (SSSR count). The van der Waals surface area contributed by atoms with E-state index >= 15 is 0 Å². The summed E-state index contributed by atoms with van der Waals surface area (Å²) < 4.78 is 0. The predicted molar refractivity (Wildman–Crippen MR) is 223 cm³/mol. The quantitative estimate of drug-likeness (QED) is 0.113. The summed E-state index contributed by atoms with van der Waals surface area (Å²) in [7, 11) is 0. The number of hydrogen-bond acceptors (Lipinski definition) is 0. The van der Waals surface area contributed by atoms with Crippen molar-refractivity contribution >= 4 is 43.5 Å². The molecular formula is C51H40. The lowest BCUT2D eigenvalue weighted by molar-refractivity contribution is 1.23. The van der Waals surface area contributed by atoms with Gasteiger partial charge in [0.05, 0.1) is 0 Å². The highest BCUT2D eigenvalue weighted by Gasteiger charge is 2.19. The molecule has 244 valence electrons. The Morgan fingerprint density at radius 3 is 1.55 bits per heavy atom. The molecule has 0 saturated heterocycles. The number of allylic oxidation sites excluding steroid dienone is 6. The third-order valence-electron chi connectivity index (χ3n) is 9.88. The molecule has 0 unspecified atom stereocenters. The van der Waals surface area contributed by atoms with Crippen LogP contribution in [0.15, 0.2) is 194 Å². The summed E-state index contributed by atoms with van der Waals surface area (Å²) in [6, 6.07) is 61.9. The normalized spacial score (nSPS) is 12.4. The van der Waals surface area contributed by atoms with Crippen molar-refractivity contribution in [3.05, 3.63) is 205 Å². The van der Waals surface area contributed by atoms with E-state index < -0.39 is 0 Å². The van der Waals surface area contributed by atoms with Crippen molar-refractivity contribution in [2.45, 2.75) is 20.3 Å². The summed E-state index contributed by atoms with van der Waals surface area (Å²) in [6.07, 6.45) is 9.99. The van der Waals surface area contributed by atoms with Crippen molar-refractivity contribution < 1.29 is 0 Å². The van der Waals surface area contributed by atoms with Crippen LogP contribution in [0.3, 0.4) is 0 Å². The molecule has 0 aliphatic carbocycles. The highest BCUT2D eigenvalue weighted by atomic mass is 14.2. The van der Waals surface area contributed by atoms with Crippen LogP contribution >= 0.6 is 0 Å². The monoisotopic (exact) mass is 652 g/mol. The number of hydrogen-bond donors (Lipinski definition) is 0. The first-order valence-corrected chi connectivity index (χ1v) is 18.0. The summed E-state index contributed by atoms with van der Waals surface area (Å²) in [5.41, 5.74) is 12.4. The fourth-order valence-electron chi connectivity index (χ4n) is 7.67. The Kier molecular flexibility index (Phi) is 8.98. The Morgan fingerprint density at radius 2 is 0.922 bits per heavy atom. The molecule has 8 aromatic rings. The molecule has 0 N–H and O–H groups in total. The molecule has 0 aromatic heterocycles. The fraction of sp³-hybridized carbons (Fsp3) is 0.0588. The second-order valence-electron chi connectivity index (χ2n) is 13.0. The van der Waals surface area contributed by atoms with E-state index in [4.69, 9.17) is 0 Å². The van der Waals surface area contributed by atoms with E-state index in [2.05, 4.69) is 208 Å². The van der Waals surface area contributed by atoms with Crippen LogP contribution in [0.2, 0.25) is 0 Å². The molecule has 0 bridgehead atoms. The fourth-order valence-corrected chi connectivity index (χ4v) is 7.67. The number of fused-ring (bicyclic) bond motifs is 3.